The van der Waals surface area contributed by atoms with Crippen molar-refractivity contribution in [1.82, 2.24) is 48.2 Å². The summed E-state index contributed by atoms with van der Waals surface area (Å²) in [6.45, 7) is 0. The van der Waals surface area contributed by atoms with Gasteiger partial charge < -0.3 is 13.7 Å². The summed E-state index contributed by atoms with van der Waals surface area (Å²) < 4.78 is 9.55. The molecule has 494 valence electrons. The van der Waals surface area contributed by atoms with Gasteiger partial charge in [-0.1, -0.05) is 279 Å². The average molecular weight is 1350 g/mol. The van der Waals surface area contributed by atoms with Gasteiger partial charge in [0.05, 0.1) is 44.1 Å². The minimum absolute atomic E-state index is 0.487. The number of hydrogen-bond acceptors (Lipinski definition) is 6. The van der Waals surface area contributed by atoms with Crippen LogP contribution in [0.3, 0.4) is 0 Å². The molecule has 0 saturated heterocycles. The Morgan fingerprint density at radius 1 is 0.170 bits per heavy atom. The summed E-state index contributed by atoms with van der Waals surface area (Å²) in [5.41, 5.74) is 22.5. The molecule has 0 aliphatic carbocycles. The first-order valence-corrected chi connectivity index (χ1v) is 35.8. The van der Waals surface area contributed by atoms with E-state index in [1.807, 2.05) is 30.3 Å². The van der Waals surface area contributed by atoms with Gasteiger partial charge in [-0.15, -0.1) is 0 Å². The Balaban J connectivity index is 0.761. The van der Waals surface area contributed by atoms with Crippen molar-refractivity contribution in [3.05, 3.63) is 364 Å². The summed E-state index contributed by atoms with van der Waals surface area (Å²) in [4.78, 5) is 32.7. The number of nitrogens with zero attached hydrogens (tertiary/aromatic N) is 10. The largest absolute Gasteiger partial charge is 0.307 e. The molecule has 21 aromatic rings. The molecule has 15 aromatic carbocycles. The minimum Gasteiger partial charge on any atom is -0.307 e. The summed E-state index contributed by atoms with van der Waals surface area (Å²) >= 11 is 0. The Labute approximate surface area is 609 Å². The Hall–Kier alpha value is -14.5. The minimum atomic E-state index is 0.487. The van der Waals surface area contributed by atoms with Crippen molar-refractivity contribution in [2.24, 2.45) is 0 Å². The smallest absolute Gasteiger partial charge is 0.238 e. The highest BCUT2D eigenvalue weighted by Gasteiger charge is 2.28. The van der Waals surface area contributed by atoms with Crippen molar-refractivity contribution >= 4 is 87.2 Å². The van der Waals surface area contributed by atoms with Gasteiger partial charge in [0.2, 0.25) is 5.95 Å². The van der Waals surface area contributed by atoms with Crippen molar-refractivity contribution < 1.29 is 0 Å². The molecular weight excluding hydrogens is 1290 g/mol. The number of benzene rings is 15. The first-order chi connectivity index (χ1) is 52.6. The molecule has 0 saturated carbocycles. The predicted molar refractivity (Wildman–Crippen MR) is 434 cm³/mol. The molecule has 0 amide bonds. The van der Waals surface area contributed by atoms with Crippen LogP contribution in [-0.2, 0) is 0 Å². The van der Waals surface area contributed by atoms with Crippen LogP contribution in [0.15, 0.2) is 364 Å². The second-order valence-corrected chi connectivity index (χ2v) is 27.0. The monoisotopic (exact) mass is 1350 g/mol. The Morgan fingerprint density at radius 2 is 0.472 bits per heavy atom. The second-order valence-electron chi connectivity index (χ2n) is 27.0. The topological polar surface area (TPSA) is 97.1 Å². The molecule has 0 aliphatic heterocycles. The SMILES string of the molecule is c1ccc(-c2ccc(-c3nc(-c4ccc(-c5ccccc5)cc4)nc(-n4c5ccccc5c5c(-c6cccc(-c7nc(-c8ccccc8)nc(-c8ccc(-n9c%10ccccc%10c%10ccc%11c%12ccccc%12n(-c%12ccccc%12)c%11c%109)cc8)n7)c6)cc6c7ccccc7n(-c7ccccc7)c6c54)n3)cc2)cc1. The third-order valence-electron chi connectivity index (χ3n) is 20.9. The summed E-state index contributed by atoms with van der Waals surface area (Å²) in [6, 6.07) is 129. The fraction of sp³-hybridized carbons (Fsp3) is 0. The molecule has 6 heterocycles. The zero-order valence-corrected chi connectivity index (χ0v) is 57.1. The van der Waals surface area contributed by atoms with E-state index in [-0.39, 0.29) is 0 Å². The Kier molecular flexibility index (Phi) is 14.0. The van der Waals surface area contributed by atoms with Crippen LogP contribution in [0, 0.1) is 0 Å². The third kappa shape index (κ3) is 9.88. The van der Waals surface area contributed by atoms with Gasteiger partial charge in [-0.3, -0.25) is 4.57 Å². The molecule has 6 aromatic heterocycles. The highest BCUT2D eigenvalue weighted by Crippen LogP contribution is 2.48. The van der Waals surface area contributed by atoms with Crippen molar-refractivity contribution in [1.29, 1.82) is 0 Å². The van der Waals surface area contributed by atoms with Crippen LogP contribution in [0.2, 0.25) is 0 Å². The van der Waals surface area contributed by atoms with E-state index in [1.165, 1.54) is 21.5 Å². The molecule has 0 unspecified atom stereocenters. The van der Waals surface area contributed by atoms with E-state index in [4.69, 9.17) is 29.9 Å². The van der Waals surface area contributed by atoms with Crippen molar-refractivity contribution in [2.45, 2.75) is 0 Å². The van der Waals surface area contributed by atoms with E-state index < -0.39 is 0 Å². The lowest BCUT2D eigenvalue weighted by atomic mass is 9.95. The molecule has 0 aliphatic rings. The van der Waals surface area contributed by atoms with Gasteiger partial charge in [-0.05, 0) is 118 Å². The van der Waals surface area contributed by atoms with E-state index in [9.17, 15) is 0 Å². The van der Waals surface area contributed by atoms with E-state index in [2.05, 4.69) is 352 Å². The van der Waals surface area contributed by atoms with E-state index in [0.29, 0.717) is 35.1 Å². The molecule has 0 N–H and O–H groups in total. The zero-order chi connectivity index (χ0) is 69.8. The standard InChI is InChI=1S/C96H60N10/c1-6-25-61(26-7-1)63-45-49-66(50-46-63)93-100-94(67-51-47-64(48-52-67)62-27-8-2-9-28-62)102-96(101-93)106-85-44-23-19-40-79(85)86-80(60-81-76-39-18-22-43-84(76)104(89(81)90(86)106)72-35-14-5-15-36-72)69-31-24-32-70(59-69)95-98-91(65-29-10-3-11-30-65)97-92(99-95)68-53-55-73(56-54-68)105-83-42-21-17-38-75(83)78-58-57-77-74-37-16-20-41-82(74)103(87(77)88(78)105)71-33-12-4-13-34-71/h1-60H. The molecule has 10 heteroatoms. The number of rotatable bonds is 12. The lowest BCUT2D eigenvalue weighted by Crippen LogP contribution is -2.07. The van der Waals surface area contributed by atoms with Crippen LogP contribution in [-0.4, -0.2) is 48.2 Å². The summed E-state index contributed by atoms with van der Waals surface area (Å²) in [5.74, 6) is 3.28. The number of hydrogen-bond donors (Lipinski definition) is 0. The van der Waals surface area contributed by atoms with Gasteiger partial charge in [0.15, 0.2) is 29.1 Å². The lowest BCUT2D eigenvalue weighted by molar-refractivity contribution is 0.953. The predicted octanol–water partition coefficient (Wildman–Crippen LogP) is 23.8. The maximum atomic E-state index is 5.61. The Morgan fingerprint density at radius 3 is 0.934 bits per heavy atom. The Bertz CT molecular complexity index is 6910. The van der Waals surface area contributed by atoms with Gasteiger partial charge >= 0.3 is 0 Å². The first kappa shape index (κ1) is 60.3. The van der Waals surface area contributed by atoms with Gasteiger partial charge in [0, 0.05) is 88.0 Å². The second kappa shape index (κ2) is 24.7. The highest BCUT2D eigenvalue weighted by atomic mass is 15.2. The fourth-order valence-electron chi connectivity index (χ4n) is 16.0. The quantitative estimate of drug-likeness (QED) is 0.121. The van der Waals surface area contributed by atoms with Gasteiger partial charge in [0.1, 0.15) is 0 Å². The van der Waals surface area contributed by atoms with Crippen LogP contribution < -0.4 is 0 Å². The molecule has 106 heavy (non-hydrogen) atoms. The van der Waals surface area contributed by atoms with Crippen LogP contribution in [0.25, 0.3) is 201 Å². The third-order valence-corrected chi connectivity index (χ3v) is 20.9. The van der Waals surface area contributed by atoms with Gasteiger partial charge in [-0.25, -0.2) is 19.9 Å². The van der Waals surface area contributed by atoms with Crippen LogP contribution >= 0.6 is 0 Å². The molecule has 21 rings (SSSR count). The number of para-hydroxylation sites is 6. The van der Waals surface area contributed by atoms with Crippen molar-refractivity contribution in [3.63, 3.8) is 0 Å². The normalized spacial score (nSPS) is 11.8. The zero-order valence-electron chi connectivity index (χ0n) is 57.1. The van der Waals surface area contributed by atoms with E-state index >= 15 is 0 Å². The molecule has 0 fully saturated rings. The molecular formula is C96H60N10. The number of fused-ring (bicyclic) bond motifs is 14. The van der Waals surface area contributed by atoms with Gasteiger partial charge in [-0.2, -0.15) is 9.97 Å². The van der Waals surface area contributed by atoms with E-state index in [1.54, 1.807) is 0 Å². The average Bonchev–Trinajstić information content (AvgIpc) is 1.54. The van der Waals surface area contributed by atoms with Gasteiger partial charge in [0.25, 0.3) is 0 Å². The molecule has 10 nitrogen and oxygen atoms in total. The highest BCUT2D eigenvalue weighted by molar-refractivity contribution is 6.28. The van der Waals surface area contributed by atoms with Crippen molar-refractivity contribution in [2.75, 3.05) is 0 Å². The lowest BCUT2D eigenvalue weighted by Gasteiger charge is -2.15. The van der Waals surface area contributed by atoms with Crippen LogP contribution in [0.5, 0.6) is 0 Å². The molecule has 0 spiro atoms. The first-order valence-electron chi connectivity index (χ1n) is 35.8. The van der Waals surface area contributed by atoms with Crippen LogP contribution in [0.4, 0.5) is 0 Å². The maximum Gasteiger partial charge on any atom is 0.238 e. The summed E-state index contributed by atoms with van der Waals surface area (Å²) in [6.07, 6.45) is 0. The van der Waals surface area contributed by atoms with Crippen LogP contribution in [0.1, 0.15) is 0 Å². The maximum absolute atomic E-state index is 5.61. The van der Waals surface area contributed by atoms with E-state index in [0.717, 1.165) is 144 Å². The molecule has 0 atom stereocenters. The summed E-state index contributed by atoms with van der Waals surface area (Å²) in [7, 11) is 0. The molecule has 0 bridgehead atoms. The summed E-state index contributed by atoms with van der Waals surface area (Å²) in [5, 5.41) is 9.02. The number of aromatic nitrogens is 10. The van der Waals surface area contributed by atoms with Crippen molar-refractivity contribution in [3.8, 4) is 113 Å². The molecule has 0 radical (unpaired) electrons. The fourth-order valence-corrected chi connectivity index (χ4v) is 16.0.